The lowest BCUT2D eigenvalue weighted by molar-refractivity contribution is -0.121. The van der Waals surface area contributed by atoms with E-state index in [0.29, 0.717) is 17.6 Å². The van der Waals surface area contributed by atoms with Crippen LogP contribution < -0.4 is 0 Å². The summed E-state index contributed by atoms with van der Waals surface area (Å²) in [6.07, 6.45) is 6.43. The van der Waals surface area contributed by atoms with Crippen molar-refractivity contribution in [2.24, 2.45) is 0 Å². The van der Waals surface area contributed by atoms with Gasteiger partial charge < -0.3 is 9.47 Å². The van der Waals surface area contributed by atoms with Crippen LogP contribution in [0.25, 0.3) is 0 Å². The van der Waals surface area contributed by atoms with E-state index in [9.17, 15) is 9.59 Å². The van der Waals surface area contributed by atoms with Gasteiger partial charge in [-0.15, -0.1) is 0 Å². The molecule has 0 aromatic rings. The van der Waals surface area contributed by atoms with E-state index in [0.717, 1.165) is 18.4 Å². The fraction of sp³-hybridized carbons (Fsp3) is 0.474. The molecule has 23 heavy (non-hydrogen) atoms. The zero-order valence-corrected chi connectivity index (χ0v) is 14.9. The molecule has 0 aliphatic heterocycles. The number of methoxy groups -OCH3 is 2. The summed E-state index contributed by atoms with van der Waals surface area (Å²) in [5.41, 5.74) is 3.34. The average Bonchev–Trinajstić information content (AvgIpc) is 2.52. The van der Waals surface area contributed by atoms with Crippen LogP contribution in [-0.4, -0.2) is 25.8 Å². The highest BCUT2D eigenvalue weighted by Crippen LogP contribution is 2.30. The quantitative estimate of drug-likeness (QED) is 0.525. The zero-order chi connectivity index (χ0) is 17.6. The number of rotatable bonds is 7. The third-order valence-corrected chi connectivity index (χ3v) is 3.92. The molecule has 1 aliphatic carbocycles. The summed E-state index contributed by atoms with van der Waals surface area (Å²) in [5, 5.41) is 0. The van der Waals surface area contributed by atoms with Crippen molar-refractivity contribution < 1.29 is 19.1 Å². The molecule has 4 heteroatoms. The highest BCUT2D eigenvalue weighted by atomic mass is 16.5. The molecule has 0 atom stereocenters. The minimum absolute atomic E-state index is 0.00199. The number of carbonyl (C=O) groups is 2. The van der Waals surface area contributed by atoms with Gasteiger partial charge in [0.25, 0.3) is 0 Å². The van der Waals surface area contributed by atoms with Gasteiger partial charge in [-0.2, -0.15) is 0 Å². The van der Waals surface area contributed by atoms with Crippen LogP contribution in [-0.2, 0) is 19.1 Å². The van der Waals surface area contributed by atoms with Gasteiger partial charge in [0, 0.05) is 11.1 Å². The SMILES string of the molecule is CC=C(CCC=C(C)C)CC1=C(C)C(=O)C(OC)=C(OC)C1=O. The van der Waals surface area contributed by atoms with E-state index in [1.807, 2.05) is 13.0 Å². The van der Waals surface area contributed by atoms with Crippen molar-refractivity contribution >= 4 is 11.6 Å². The average molecular weight is 318 g/mol. The molecule has 4 nitrogen and oxygen atoms in total. The Morgan fingerprint density at radius 1 is 1.04 bits per heavy atom. The van der Waals surface area contributed by atoms with Gasteiger partial charge in [0.15, 0.2) is 0 Å². The number of Topliss-reactive ketones (excluding diaryl/α,β-unsaturated/α-hetero) is 2. The van der Waals surface area contributed by atoms with Crippen molar-refractivity contribution in [3.8, 4) is 0 Å². The number of hydrogen-bond acceptors (Lipinski definition) is 4. The van der Waals surface area contributed by atoms with Gasteiger partial charge >= 0.3 is 0 Å². The first-order valence-corrected chi connectivity index (χ1v) is 7.76. The third kappa shape index (κ3) is 4.44. The second-order valence-electron chi connectivity index (χ2n) is 5.77. The van der Waals surface area contributed by atoms with Crippen molar-refractivity contribution in [1.82, 2.24) is 0 Å². The largest absolute Gasteiger partial charge is 0.489 e. The molecule has 0 N–H and O–H groups in total. The minimum Gasteiger partial charge on any atom is -0.489 e. The molecule has 0 aromatic heterocycles. The Morgan fingerprint density at radius 2 is 1.61 bits per heavy atom. The first-order chi connectivity index (χ1) is 10.9. The Labute approximate surface area is 138 Å². The van der Waals surface area contributed by atoms with Crippen LogP contribution in [0.4, 0.5) is 0 Å². The van der Waals surface area contributed by atoms with Gasteiger partial charge in [0.2, 0.25) is 23.1 Å². The van der Waals surface area contributed by atoms with Crippen LogP contribution in [0.15, 0.2) is 46.0 Å². The van der Waals surface area contributed by atoms with Gasteiger partial charge in [0.1, 0.15) is 0 Å². The van der Waals surface area contributed by atoms with Crippen molar-refractivity contribution in [2.45, 2.75) is 47.0 Å². The van der Waals surface area contributed by atoms with Crippen LogP contribution in [0.1, 0.15) is 47.0 Å². The van der Waals surface area contributed by atoms with Crippen LogP contribution >= 0.6 is 0 Å². The summed E-state index contributed by atoms with van der Waals surface area (Å²) in [4.78, 5) is 25.0. The van der Waals surface area contributed by atoms with Crippen LogP contribution in [0, 0.1) is 0 Å². The maximum atomic E-state index is 12.6. The third-order valence-electron chi connectivity index (χ3n) is 3.92. The molecule has 126 valence electrons. The van der Waals surface area contributed by atoms with E-state index in [1.165, 1.54) is 19.8 Å². The summed E-state index contributed by atoms with van der Waals surface area (Å²) in [7, 11) is 2.75. The molecule has 0 bridgehead atoms. The van der Waals surface area contributed by atoms with Crippen molar-refractivity contribution in [3.63, 3.8) is 0 Å². The molecule has 0 amide bonds. The Bertz CT molecular complexity index is 611. The number of ketones is 2. The highest BCUT2D eigenvalue weighted by Gasteiger charge is 2.34. The Morgan fingerprint density at radius 3 is 2.09 bits per heavy atom. The summed E-state index contributed by atoms with van der Waals surface area (Å²) in [5.74, 6) is -0.551. The van der Waals surface area contributed by atoms with Gasteiger partial charge in [-0.3, -0.25) is 9.59 Å². The summed E-state index contributed by atoms with van der Waals surface area (Å²) in [6.45, 7) is 7.75. The van der Waals surface area contributed by atoms with Crippen molar-refractivity contribution in [2.75, 3.05) is 14.2 Å². The smallest absolute Gasteiger partial charge is 0.228 e. The summed E-state index contributed by atoms with van der Waals surface area (Å²) in [6, 6.07) is 0. The minimum atomic E-state index is -0.279. The van der Waals surface area contributed by atoms with Gasteiger partial charge in [-0.1, -0.05) is 23.3 Å². The molecular formula is C19H26O4. The fourth-order valence-electron chi connectivity index (χ4n) is 2.51. The van der Waals surface area contributed by atoms with E-state index >= 15 is 0 Å². The van der Waals surface area contributed by atoms with E-state index in [4.69, 9.17) is 9.47 Å². The number of allylic oxidation sites excluding steroid dienone is 6. The summed E-state index contributed by atoms with van der Waals surface area (Å²) >= 11 is 0. The van der Waals surface area contributed by atoms with E-state index in [1.54, 1.807) is 6.92 Å². The Hall–Kier alpha value is -2.10. The monoisotopic (exact) mass is 318 g/mol. The first kappa shape index (κ1) is 18.9. The van der Waals surface area contributed by atoms with Gasteiger partial charge in [0.05, 0.1) is 14.2 Å². The molecule has 0 fully saturated rings. The Balaban J connectivity index is 3.03. The van der Waals surface area contributed by atoms with Crippen molar-refractivity contribution in [3.05, 3.63) is 46.0 Å². The Kier molecular flexibility index (Phi) is 7.01. The second kappa shape index (κ2) is 8.51. The van der Waals surface area contributed by atoms with E-state index < -0.39 is 0 Å². The topological polar surface area (TPSA) is 52.6 Å². The van der Waals surface area contributed by atoms with Crippen LogP contribution in [0.2, 0.25) is 0 Å². The summed E-state index contributed by atoms with van der Waals surface area (Å²) < 4.78 is 10.2. The molecule has 0 unspecified atom stereocenters. The lowest BCUT2D eigenvalue weighted by Crippen LogP contribution is -2.25. The molecule has 0 saturated carbocycles. The number of carbonyl (C=O) groups excluding carboxylic acids is 2. The predicted octanol–water partition coefficient (Wildman–Crippen LogP) is 4.04. The van der Waals surface area contributed by atoms with E-state index in [2.05, 4.69) is 19.9 Å². The molecule has 1 aliphatic rings. The molecule has 1 rings (SSSR count). The van der Waals surface area contributed by atoms with Crippen LogP contribution in [0.3, 0.4) is 0 Å². The predicted molar refractivity (Wildman–Crippen MR) is 90.8 cm³/mol. The lowest BCUT2D eigenvalue weighted by atomic mass is 9.87. The normalized spacial score (nSPS) is 16.0. The molecule has 0 aromatic carbocycles. The first-order valence-electron chi connectivity index (χ1n) is 7.76. The maximum absolute atomic E-state index is 12.6. The lowest BCUT2D eigenvalue weighted by Gasteiger charge is -2.21. The molecule has 0 spiro atoms. The second-order valence-corrected chi connectivity index (χ2v) is 5.77. The molecule has 0 heterocycles. The maximum Gasteiger partial charge on any atom is 0.228 e. The zero-order valence-electron chi connectivity index (χ0n) is 14.9. The molecule has 0 saturated heterocycles. The molecular weight excluding hydrogens is 292 g/mol. The van der Waals surface area contributed by atoms with Gasteiger partial charge in [-0.05, 0) is 47.0 Å². The van der Waals surface area contributed by atoms with Crippen LogP contribution in [0.5, 0.6) is 0 Å². The van der Waals surface area contributed by atoms with Gasteiger partial charge in [-0.25, -0.2) is 0 Å². The number of ether oxygens (including phenoxy) is 2. The molecule has 0 radical (unpaired) electrons. The highest BCUT2D eigenvalue weighted by molar-refractivity contribution is 6.23. The fourth-order valence-corrected chi connectivity index (χ4v) is 2.51. The van der Waals surface area contributed by atoms with E-state index in [-0.39, 0.29) is 23.1 Å². The number of hydrogen-bond donors (Lipinski definition) is 0. The van der Waals surface area contributed by atoms with Crippen molar-refractivity contribution in [1.29, 1.82) is 0 Å². The standard InChI is InChI=1S/C19H26O4/c1-7-14(10-8-9-12(2)3)11-15-13(4)16(20)18(22-5)19(23-6)17(15)21/h7,9H,8,10-11H2,1-6H3.